The van der Waals surface area contributed by atoms with Crippen LogP contribution >= 0.6 is 0 Å². The Kier molecular flexibility index (Phi) is 9.09. The third kappa shape index (κ3) is 6.42. The first-order valence-electron chi connectivity index (χ1n) is 14.5. The summed E-state index contributed by atoms with van der Waals surface area (Å²) in [6.07, 6.45) is 0. The number of carbonyl (C=O) groups excluding carboxylic acids is 3. The normalized spacial score (nSPS) is 17.1. The summed E-state index contributed by atoms with van der Waals surface area (Å²) < 4.78 is 5.13. The topological polar surface area (TPSA) is 103 Å². The van der Waals surface area contributed by atoms with Gasteiger partial charge in [-0.2, -0.15) is 0 Å². The molecule has 2 aliphatic heterocycles. The van der Waals surface area contributed by atoms with Crippen molar-refractivity contribution in [3.05, 3.63) is 89.5 Å². The zero-order valence-electron chi connectivity index (χ0n) is 24.3. The molecule has 0 aromatic heterocycles. The van der Waals surface area contributed by atoms with Crippen molar-refractivity contribution in [2.75, 3.05) is 49.5 Å². The highest BCUT2D eigenvalue weighted by molar-refractivity contribution is 6.24. The minimum atomic E-state index is -0.661. The molecule has 1 saturated heterocycles. The minimum Gasteiger partial charge on any atom is -0.462 e. The standard InChI is InChI=1S/C33H37N5O4/c1-4-42-33(41)24-10-15-27-28(20-24)36-32(40)30(27)31(23-8-6-5-7-9-23)35-25-11-13-26(14-12-25)38(22(2)3)29(39)21-37-18-16-34-17-19-37/h5-15,20,22,30,34H,4,16-19,21H2,1-3H3,(H,36,40). The number of carbonyl (C=O) groups is 3. The molecule has 2 heterocycles. The third-order valence-electron chi connectivity index (χ3n) is 7.47. The van der Waals surface area contributed by atoms with Gasteiger partial charge in [-0.05, 0) is 68.3 Å². The summed E-state index contributed by atoms with van der Waals surface area (Å²) in [5, 5.41) is 6.25. The summed E-state index contributed by atoms with van der Waals surface area (Å²) in [6.45, 7) is 9.93. The van der Waals surface area contributed by atoms with Crippen LogP contribution in [-0.2, 0) is 14.3 Å². The minimum absolute atomic E-state index is 0.00664. The second-order valence-electron chi connectivity index (χ2n) is 10.7. The summed E-state index contributed by atoms with van der Waals surface area (Å²) in [6, 6.07) is 22.3. The molecule has 5 rings (SSSR count). The summed E-state index contributed by atoms with van der Waals surface area (Å²) in [5.74, 6) is -1.24. The van der Waals surface area contributed by atoms with Crippen LogP contribution in [0.3, 0.4) is 0 Å². The molecular formula is C33H37N5O4. The lowest BCUT2D eigenvalue weighted by molar-refractivity contribution is -0.120. The van der Waals surface area contributed by atoms with E-state index in [4.69, 9.17) is 9.73 Å². The summed E-state index contributed by atoms with van der Waals surface area (Å²) in [7, 11) is 0. The summed E-state index contributed by atoms with van der Waals surface area (Å²) >= 11 is 0. The quantitative estimate of drug-likeness (QED) is 0.294. The number of amides is 2. The van der Waals surface area contributed by atoms with E-state index in [1.54, 1.807) is 25.1 Å². The van der Waals surface area contributed by atoms with Crippen LogP contribution in [0.5, 0.6) is 0 Å². The first kappa shape index (κ1) is 29.2. The van der Waals surface area contributed by atoms with Crippen molar-refractivity contribution in [1.29, 1.82) is 0 Å². The van der Waals surface area contributed by atoms with Crippen molar-refractivity contribution in [2.45, 2.75) is 32.7 Å². The number of piperazine rings is 1. The maximum atomic E-state index is 13.3. The van der Waals surface area contributed by atoms with Gasteiger partial charge in [-0.25, -0.2) is 4.79 Å². The van der Waals surface area contributed by atoms with E-state index in [2.05, 4.69) is 15.5 Å². The van der Waals surface area contributed by atoms with Crippen molar-refractivity contribution >= 4 is 40.6 Å². The maximum Gasteiger partial charge on any atom is 0.338 e. The highest BCUT2D eigenvalue weighted by Crippen LogP contribution is 2.37. The number of hydrogen-bond donors (Lipinski definition) is 2. The number of anilines is 2. The van der Waals surface area contributed by atoms with Crippen molar-refractivity contribution in [3.63, 3.8) is 0 Å². The number of aliphatic imine (C=N–C) groups is 1. The Morgan fingerprint density at radius 2 is 1.71 bits per heavy atom. The number of fused-ring (bicyclic) bond motifs is 1. The molecule has 2 amide bonds. The molecule has 2 N–H and O–H groups in total. The number of esters is 1. The van der Waals surface area contributed by atoms with Gasteiger partial charge in [0.2, 0.25) is 11.8 Å². The lowest BCUT2D eigenvalue weighted by atomic mass is 9.90. The monoisotopic (exact) mass is 567 g/mol. The SMILES string of the molecule is CCOC(=O)c1ccc2c(c1)NC(=O)C2C(=Nc1ccc(N(C(=O)CN2CCNCC2)C(C)C)cc1)c1ccccc1. The molecule has 42 heavy (non-hydrogen) atoms. The van der Waals surface area contributed by atoms with Crippen LogP contribution in [0.4, 0.5) is 17.1 Å². The van der Waals surface area contributed by atoms with E-state index in [1.165, 1.54) is 0 Å². The Balaban J connectivity index is 1.45. The molecule has 1 atom stereocenters. The molecule has 0 spiro atoms. The molecule has 9 nitrogen and oxygen atoms in total. The van der Waals surface area contributed by atoms with Gasteiger partial charge in [-0.15, -0.1) is 0 Å². The molecule has 3 aromatic carbocycles. The number of hydrogen-bond acceptors (Lipinski definition) is 7. The molecule has 0 saturated carbocycles. The first-order chi connectivity index (χ1) is 20.4. The van der Waals surface area contributed by atoms with Gasteiger partial charge >= 0.3 is 5.97 Å². The summed E-state index contributed by atoms with van der Waals surface area (Å²) in [5.41, 5.74) is 4.59. The number of nitrogens with one attached hydrogen (secondary N) is 2. The van der Waals surface area contributed by atoms with Crippen LogP contribution in [0.25, 0.3) is 0 Å². The fourth-order valence-corrected chi connectivity index (χ4v) is 5.47. The van der Waals surface area contributed by atoms with Crippen LogP contribution in [-0.4, -0.2) is 73.8 Å². The van der Waals surface area contributed by atoms with Crippen molar-refractivity contribution < 1.29 is 19.1 Å². The van der Waals surface area contributed by atoms with Crippen LogP contribution in [0.15, 0.2) is 77.8 Å². The fraction of sp³-hybridized carbons (Fsp3) is 0.333. The van der Waals surface area contributed by atoms with Gasteiger partial charge in [0, 0.05) is 43.6 Å². The molecule has 1 fully saturated rings. The lowest BCUT2D eigenvalue weighted by Gasteiger charge is -2.32. The lowest BCUT2D eigenvalue weighted by Crippen LogP contribution is -2.49. The predicted octanol–water partition coefficient (Wildman–Crippen LogP) is 4.37. The Labute approximate surface area is 246 Å². The fourth-order valence-electron chi connectivity index (χ4n) is 5.47. The summed E-state index contributed by atoms with van der Waals surface area (Å²) in [4.78, 5) is 47.9. The van der Waals surface area contributed by atoms with Crippen LogP contribution in [0.1, 0.15) is 48.2 Å². The second kappa shape index (κ2) is 13.1. The van der Waals surface area contributed by atoms with E-state index in [9.17, 15) is 14.4 Å². The van der Waals surface area contributed by atoms with Crippen LogP contribution < -0.4 is 15.5 Å². The molecule has 3 aromatic rings. The highest BCUT2D eigenvalue weighted by atomic mass is 16.5. The number of nitrogens with zero attached hydrogens (tertiary/aromatic N) is 3. The number of ether oxygens (including phenoxy) is 1. The highest BCUT2D eigenvalue weighted by Gasteiger charge is 2.36. The van der Waals surface area contributed by atoms with E-state index in [0.717, 1.165) is 43.0 Å². The second-order valence-corrected chi connectivity index (χ2v) is 10.7. The predicted molar refractivity (Wildman–Crippen MR) is 165 cm³/mol. The molecule has 218 valence electrons. The number of rotatable bonds is 9. The van der Waals surface area contributed by atoms with Crippen LogP contribution in [0.2, 0.25) is 0 Å². The van der Waals surface area contributed by atoms with Gasteiger partial charge in [0.15, 0.2) is 0 Å². The van der Waals surface area contributed by atoms with Crippen LogP contribution in [0, 0.1) is 0 Å². The van der Waals surface area contributed by atoms with E-state index >= 15 is 0 Å². The number of benzene rings is 3. The molecule has 0 aliphatic carbocycles. The van der Waals surface area contributed by atoms with Gasteiger partial charge in [0.25, 0.3) is 0 Å². The molecule has 1 unspecified atom stereocenters. The first-order valence-corrected chi connectivity index (χ1v) is 14.5. The Morgan fingerprint density at radius 3 is 2.38 bits per heavy atom. The Morgan fingerprint density at radius 1 is 1.00 bits per heavy atom. The van der Waals surface area contributed by atoms with Gasteiger partial charge in [-0.1, -0.05) is 36.4 Å². The van der Waals surface area contributed by atoms with E-state index in [-0.39, 0.29) is 24.5 Å². The molecule has 9 heteroatoms. The van der Waals surface area contributed by atoms with Crippen molar-refractivity contribution in [2.24, 2.45) is 4.99 Å². The average molecular weight is 568 g/mol. The van der Waals surface area contributed by atoms with E-state index in [0.29, 0.717) is 29.2 Å². The largest absolute Gasteiger partial charge is 0.462 e. The molecule has 0 bridgehead atoms. The van der Waals surface area contributed by atoms with E-state index < -0.39 is 11.9 Å². The van der Waals surface area contributed by atoms with Crippen molar-refractivity contribution in [3.8, 4) is 0 Å². The van der Waals surface area contributed by atoms with E-state index in [1.807, 2.05) is 73.3 Å². The zero-order valence-corrected chi connectivity index (χ0v) is 24.3. The Hall–Kier alpha value is -4.34. The van der Waals surface area contributed by atoms with Gasteiger partial charge in [0.1, 0.15) is 5.92 Å². The Bertz CT molecular complexity index is 1460. The average Bonchev–Trinajstić information content (AvgIpc) is 3.32. The van der Waals surface area contributed by atoms with Gasteiger partial charge in [0.05, 0.1) is 30.1 Å². The van der Waals surface area contributed by atoms with Gasteiger partial charge < -0.3 is 20.3 Å². The zero-order chi connectivity index (χ0) is 29.6. The molecule has 0 radical (unpaired) electrons. The smallest absolute Gasteiger partial charge is 0.338 e. The third-order valence-corrected chi connectivity index (χ3v) is 7.47. The molecule has 2 aliphatic rings. The van der Waals surface area contributed by atoms with Gasteiger partial charge in [-0.3, -0.25) is 19.5 Å². The maximum absolute atomic E-state index is 13.3. The van der Waals surface area contributed by atoms with Crippen molar-refractivity contribution in [1.82, 2.24) is 10.2 Å². The molecular weight excluding hydrogens is 530 g/mol.